The van der Waals surface area contributed by atoms with E-state index in [1.807, 2.05) is 32.0 Å². The molecule has 0 aliphatic carbocycles. The number of nitrogens with zero attached hydrogens (tertiary/aromatic N) is 1. The van der Waals surface area contributed by atoms with E-state index in [1.54, 1.807) is 7.05 Å². The second kappa shape index (κ2) is 5.07. The molecule has 16 heavy (non-hydrogen) atoms. The first kappa shape index (κ1) is 12.6. The van der Waals surface area contributed by atoms with Gasteiger partial charge in [0.15, 0.2) is 0 Å². The predicted molar refractivity (Wildman–Crippen MR) is 69.7 cm³/mol. The molecule has 4 heteroatoms. The van der Waals surface area contributed by atoms with Gasteiger partial charge in [-0.1, -0.05) is 18.3 Å². The highest BCUT2D eigenvalue weighted by molar-refractivity contribution is 7.80. The van der Waals surface area contributed by atoms with Crippen LogP contribution in [0.25, 0.3) is 0 Å². The van der Waals surface area contributed by atoms with Crippen molar-refractivity contribution in [1.29, 1.82) is 0 Å². The van der Waals surface area contributed by atoms with Gasteiger partial charge in [0.1, 0.15) is 0 Å². The number of rotatable bonds is 3. The molecule has 0 saturated heterocycles. The minimum Gasteiger partial charge on any atom is -0.392 e. The number of thiocarbonyl (C=S) groups is 1. The zero-order chi connectivity index (χ0) is 12.3. The molecule has 0 spiro atoms. The summed E-state index contributed by atoms with van der Waals surface area (Å²) in [7, 11) is 1.69. The number of carbonyl (C=O) groups is 1. The fourth-order valence-electron chi connectivity index (χ4n) is 1.40. The maximum Gasteiger partial charge on any atom is 0.253 e. The number of benzene rings is 1. The van der Waals surface area contributed by atoms with Crippen molar-refractivity contribution < 1.29 is 4.79 Å². The van der Waals surface area contributed by atoms with Crippen molar-refractivity contribution in [1.82, 2.24) is 4.90 Å². The number of hydrogen-bond acceptors (Lipinski definition) is 2. The Bertz CT molecular complexity index is 429. The summed E-state index contributed by atoms with van der Waals surface area (Å²) < 4.78 is 0. The lowest BCUT2D eigenvalue weighted by Gasteiger charge is -2.16. The second-order valence-corrected chi connectivity index (χ2v) is 4.45. The van der Waals surface area contributed by atoms with Crippen LogP contribution in [0.2, 0.25) is 0 Å². The monoisotopic (exact) mass is 236 g/mol. The molecule has 3 nitrogen and oxygen atoms in total. The highest BCUT2D eigenvalue weighted by Gasteiger charge is 2.12. The number of amides is 1. The Morgan fingerprint density at radius 2 is 2.00 bits per heavy atom. The van der Waals surface area contributed by atoms with Crippen LogP contribution in [0.1, 0.15) is 21.5 Å². The maximum atomic E-state index is 12.0. The quantitative estimate of drug-likeness (QED) is 0.812. The van der Waals surface area contributed by atoms with Crippen molar-refractivity contribution in [3.8, 4) is 0 Å². The SMILES string of the molecule is Cc1ccc(C(=O)N(C)CC(N)=S)cc1C. The molecule has 0 bridgehead atoms. The normalized spacial score (nSPS) is 9.94. The number of nitrogens with two attached hydrogens (primary N) is 1. The molecular weight excluding hydrogens is 220 g/mol. The van der Waals surface area contributed by atoms with Crippen molar-refractivity contribution in [2.24, 2.45) is 5.73 Å². The molecule has 0 saturated carbocycles. The number of likely N-dealkylation sites (N-methyl/N-ethyl adjacent to an activating group) is 1. The van der Waals surface area contributed by atoms with Crippen LogP contribution in [-0.4, -0.2) is 29.4 Å². The Hall–Kier alpha value is -1.42. The lowest BCUT2D eigenvalue weighted by molar-refractivity contribution is 0.0815. The molecule has 1 aromatic rings. The van der Waals surface area contributed by atoms with Gasteiger partial charge >= 0.3 is 0 Å². The average Bonchev–Trinajstić information content (AvgIpc) is 2.20. The fourth-order valence-corrected chi connectivity index (χ4v) is 1.59. The molecule has 1 rings (SSSR count). The summed E-state index contributed by atoms with van der Waals surface area (Å²) in [6.45, 7) is 4.31. The molecule has 0 radical (unpaired) electrons. The van der Waals surface area contributed by atoms with Gasteiger partial charge in [-0.05, 0) is 37.1 Å². The van der Waals surface area contributed by atoms with E-state index in [0.29, 0.717) is 17.1 Å². The van der Waals surface area contributed by atoms with Gasteiger partial charge in [0.2, 0.25) is 0 Å². The van der Waals surface area contributed by atoms with Crippen LogP contribution >= 0.6 is 12.2 Å². The summed E-state index contributed by atoms with van der Waals surface area (Å²) in [4.78, 5) is 13.8. The molecule has 0 heterocycles. The Morgan fingerprint density at radius 1 is 1.38 bits per heavy atom. The van der Waals surface area contributed by atoms with E-state index in [4.69, 9.17) is 18.0 Å². The van der Waals surface area contributed by atoms with E-state index in [1.165, 1.54) is 10.5 Å². The van der Waals surface area contributed by atoms with Gasteiger partial charge in [0, 0.05) is 12.6 Å². The van der Waals surface area contributed by atoms with Crippen LogP contribution in [0.15, 0.2) is 18.2 Å². The summed E-state index contributed by atoms with van der Waals surface area (Å²) in [5.74, 6) is -0.0594. The van der Waals surface area contributed by atoms with E-state index in [2.05, 4.69) is 0 Å². The molecule has 0 unspecified atom stereocenters. The van der Waals surface area contributed by atoms with E-state index < -0.39 is 0 Å². The topological polar surface area (TPSA) is 46.3 Å². The standard InChI is InChI=1S/C12H16N2OS/c1-8-4-5-10(6-9(8)2)12(15)14(3)7-11(13)16/h4-6H,7H2,1-3H3,(H2,13,16). The molecule has 1 aromatic carbocycles. The first-order valence-electron chi connectivity index (χ1n) is 5.03. The van der Waals surface area contributed by atoms with Crippen LogP contribution in [0.3, 0.4) is 0 Å². The molecule has 2 N–H and O–H groups in total. The minimum absolute atomic E-state index is 0.0594. The third-order valence-corrected chi connectivity index (χ3v) is 2.62. The van der Waals surface area contributed by atoms with Gasteiger partial charge in [-0.3, -0.25) is 4.79 Å². The Balaban J connectivity index is 2.88. The van der Waals surface area contributed by atoms with Crippen molar-refractivity contribution in [3.63, 3.8) is 0 Å². The largest absolute Gasteiger partial charge is 0.392 e. The third-order valence-electron chi connectivity index (χ3n) is 2.49. The van der Waals surface area contributed by atoms with Crippen molar-refractivity contribution in [2.45, 2.75) is 13.8 Å². The van der Waals surface area contributed by atoms with Crippen molar-refractivity contribution in [2.75, 3.05) is 13.6 Å². The lowest BCUT2D eigenvalue weighted by atomic mass is 10.1. The molecule has 0 aliphatic heterocycles. The Kier molecular flexibility index (Phi) is 4.01. The lowest BCUT2D eigenvalue weighted by Crippen LogP contribution is -2.34. The highest BCUT2D eigenvalue weighted by Crippen LogP contribution is 2.11. The van der Waals surface area contributed by atoms with E-state index in [9.17, 15) is 4.79 Å². The highest BCUT2D eigenvalue weighted by atomic mass is 32.1. The molecule has 0 aliphatic rings. The van der Waals surface area contributed by atoms with Crippen LogP contribution in [0, 0.1) is 13.8 Å². The van der Waals surface area contributed by atoms with Gasteiger partial charge in [-0.2, -0.15) is 0 Å². The fraction of sp³-hybridized carbons (Fsp3) is 0.333. The molecule has 0 fully saturated rings. The zero-order valence-electron chi connectivity index (χ0n) is 9.78. The van der Waals surface area contributed by atoms with E-state index in [0.717, 1.165) is 5.56 Å². The van der Waals surface area contributed by atoms with Crippen molar-refractivity contribution in [3.05, 3.63) is 34.9 Å². The smallest absolute Gasteiger partial charge is 0.253 e. The van der Waals surface area contributed by atoms with Gasteiger partial charge in [-0.25, -0.2) is 0 Å². The first-order valence-corrected chi connectivity index (χ1v) is 5.43. The molecule has 0 aromatic heterocycles. The van der Waals surface area contributed by atoms with Gasteiger partial charge in [-0.15, -0.1) is 0 Å². The van der Waals surface area contributed by atoms with Crippen LogP contribution in [-0.2, 0) is 0 Å². The van der Waals surface area contributed by atoms with Crippen LogP contribution in [0.5, 0.6) is 0 Å². The summed E-state index contributed by atoms with van der Waals surface area (Å²) >= 11 is 4.77. The average molecular weight is 236 g/mol. The molecule has 86 valence electrons. The summed E-state index contributed by atoms with van der Waals surface area (Å²) in [5, 5.41) is 0. The summed E-state index contributed by atoms with van der Waals surface area (Å²) in [6, 6.07) is 5.64. The maximum absolute atomic E-state index is 12.0. The molecular formula is C12H16N2OS. The van der Waals surface area contributed by atoms with Gasteiger partial charge in [0.25, 0.3) is 5.91 Å². The molecule has 0 atom stereocenters. The number of hydrogen-bond donors (Lipinski definition) is 1. The second-order valence-electron chi connectivity index (χ2n) is 3.93. The van der Waals surface area contributed by atoms with Crippen molar-refractivity contribution >= 4 is 23.1 Å². The number of aryl methyl sites for hydroxylation is 2. The summed E-state index contributed by atoms with van der Waals surface area (Å²) in [5.41, 5.74) is 8.35. The minimum atomic E-state index is -0.0594. The van der Waals surface area contributed by atoms with E-state index in [-0.39, 0.29) is 5.91 Å². The Morgan fingerprint density at radius 3 is 2.50 bits per heavy atom. The Labute approximate surface area is 101 Å². The predicted octanol–water partition coefficient (Wildman–Crippen LogP) is 1.66. The third kappa shape index (κ3) is 3.03. The van der Waals surface area contributed by atoms with Crippen LogP contribution < -0.4 is 5.73 Å². The first-order chi connectivity index (χ1) is 7.41. The van der Waals surface area contributed by atoms with E-state index >= 15 is 0 Å². The molecule has 1 amide bonds. The van der Waals surface area contributed by atoms with Gasteiger partial charge < -0.3 is 10.6 Å². The zero-order valence-corrected chi connectivity index (χ0v) is 10.6. The number of carbonyl (C=O) groups excluding carboxylic acids is 1. The summed E-state index contributed by atoms with van der Waals surface area (Å²) in [6.07, 6.45) is 0. The van der Waals surface area contributed by atoms with Crippen LogP contribution in [0.4, 0.5) is 0 Å². The van der Waals surface area contributed by atoms with Gasteiger partial charge in [0.05, 0.1) is 11.5 Å².